The maximum absolute atomic E-state index is 13.1. The van der Waals surface area contributed by atoms with Crippen LogP contribution in [-0.4, -0.2) is 49.3 Å². The lowest BCUT2D eigenvalue weighted by molar-refractivity contribution is -0.0518. The number of carbonyl (C=O) groups is 2. The van der Waals surface area contributed by atoms with Gasteiger partial charge >= 0.3 is 25.2 Å². The summed E-state index contributed by atoms with van der Waals surface area (Å²) in [5, 5.41) is 0. The molecule has 0 aliphatic heterocycles. The zero-order chi connectivity index (χ0) is 39.6. The average Bonchev–Trinajstić information content (AvgIpc) is 3.73. The highest BCUT2D eigenvalue weighted by atomic mass is 32.1. The van der Waals surface area contributed by atoms with Crippen molar-refractivity contribution in [1.29, 1.82) is 0 Å². The fraction of sp³-hybridized carbons (Fsp3) is 0.150. The second-order valence-corrected chi connectivity index (χ2v) is 12.7. The molecule has 0 radical (unpaired) electrons. The molecule has 0 amide bonds. The summed E-state index contributed by atoms with van der Waals surface area (Å²) < 4.78 is 76.8. The lowest BCUT2D eigenvalue weighted by Gasteiger charge is -2.26. The highest BCUT2D eigenvalue weighted by Crippen LogP contribution is 2.38. The first-order valence-corrected chi connectivity index (χ1v) is 17.5. The molecule has 2 aromatic heterocycles. The number of hydrogen-bond acceptors (Lipinski definition) is 12. The number of esters is 2. The minimum Gasteiger partial charge on any atom is -0.493 e. The quantitative estimate of drug-likeness (QED) is 0.0531. The summed E-state index contributed by atoms with van der Waals surface area (Å²) in [6, 6.07) is 25.3. The van der Waals surface area contributed by atoms with Gasteiger partial charge in [-0.05, 0) is 84.4 Å². The lowest BCUT2D eigenvalue weighted by atomic mass is 10.1. The molecule has 0 fully saturated rings. The first-order valence-electron chi connectivity index (χ1n) is 16.7. The first-order chi connectivity index (χ1) is 27.1. The Labute approximate surface area is 322 Å². The van der Waals surface area contributed by atoms with Crippen LogP contribution in [-0.2, 0) is 17.8 Å². The van der Waals surface area contributed by atoms with Gasteiger partial charge in [-0.25, -0.2) is 9.59 Å². The predicted molar refractivity (Wildman–Crippen MR) is 200 cm³/mol. The van der Waals surface area contributed by atoms with Crippen LogP contribution in [0.2, 0.25) is 0 Å². The minimum absolute atomic E-state index is 0.0924. The fourth-order valence-corrected chi connectivity index (χ4v) is 6.19. The molecular formula is C40H32F4N4O7S. The second-order valence-electron chi connectivity index (χ2n) is 11.7. The Morgan fingerprint density at radius 1 is 0.625 bits per heavy atom. The molecule has 11 nitrogen and oxygen atoms in total. The van der Waals surface area contributed by atoms with E-state index in [1.54, 1.807) is 78.7 Å². The van der Waals surface area contributed by atoms with Gasteiger partial charge in [0.15, 0.2) is 23.0 Å². The Morgan fingerprint density at radius 3 is 1.55 bits per heavy atom. The van der Waals surface area contributed by atoms with Gasteiger partial charge < -0.3 is 33.5 Å². The number of pyridine rings is 1. The molecule has 0 aliphatic rings. The monoisotopic (exact) mass is 788 g/mol. The van der Waals surface area contributed by atoms with Crippen LogP contribution in [0.15, 0.2) is 121 Å². The zero-order valence-corrected chi connectivity index (χ0v) is 30.5. The molecule has 288 valence electrons. The molecular weight excluding hydrogens is 757 g/mol. The molecule has 0 bridgehead atoms. The minimum atomic E-state index is -3.04. The molecule has 2 heterocycles. The fourth-order valence-electron chi connectivity index (χ4n) is 5.61. The number of aromatic nitrogens is 2. The number of anilines is 4. The second kappa shape index (κ2) is 18.1. The van der Waals surface area contributed by atoms with Crippen molar-refractivity contribution in [3.05, 3.63) is 143 Å². The number of thiazole rings is 1. The van der Waals surface area contributed by atoms with Gasteiger partial charge in [-0.1, -0.05) is 6.07 Å². The Kier molecular flexibility index (Phi) is 12.6. The standard InChI is InChI=1S/C40H32F4N4O7S/c1-51-35-18-30(13-15-33(35)53-39(41)42)47(22-25-4-3-17-45-20-25)28-9-5-26(6-10-28)37(49)55-38(50)27-7-11-29(12-8-27)48(23-32-21-46-24-56-32)31-14-16-34(54-40(43)44)36(19-31)52-2/h3-21,24,39-40H,22-23H2,1-2H3. The number of methoxy groups -OCH3 is 2. The number of rotatable bonds is 16. The molecule has 0 N–H and O–H groups in total. The van der Waals surface area contributed by atoms with Crippen LogP contribution >= 0.6 is 11.3 Å². The smallest absolute Gasteiger partial charge is 0.387 e. The van der Waals surface area contributed by atoms with E-state index in [9.17, 15) is 27.2 Å². The van der Waals surface area contributed by atoms with Crippen molar-refractivity contribution in [2.45, 2.75) is 26.3 Å². The Hall–Kier alpha value is -6.68. The molecule has 16 heteroatoms. The largest absolute Gasteiger partial charge is 0.493 e. The van der Waals surface area contributed by atoms with Crippen LogP contribution in [0.4, 0.5) is 40.3 Å². The number of hydrogen-bond donors (Lipinski definition) is 0. The molecule has 6 rings (SSSR count). The van der Waals surface area contributed by atoms with E-state index in [0.29, 0.717) is 35.8 Å². The maximum atomic E-state index is 13.1. The van der Waals surface area contributed by atoms with Crippen molar-refractivity contribution in [3.8, 4) is 23.0 Å². The molecule has 0 saturated carbocycles. The summed E-state index contributed by atoms with van der Waals surface area (Å²) in [7, 11) is 2.68. The molecule has 6 aromatic rings. The van der Waals surface area contributed by atoms with Gasteiger partial charge in [0.25, 0.3) is 0 Å². The van der Waals surface area contributed by atoms with Crippen molar-refractivity contribution in [2.75, 3.05) is 24.0 Å². The van der Waals surface area contributed by atoms with Crippen molar-refractivity contribution < 1.29 is 50.8 Å². The molecule has 0 saturated heterocycles. The summed E-state index contributed by atoms with van der Waals surface area (Å²) in [6.45, 7) is -5.40. The zero-order valence-electron chi connectivity index (χ0n) is 29.7. The van der Waals surface area contributed by atoms with Gasteiger partial charge in [-0.15, -0.1) is 11.3 Å². The Balaban J connectivity index is 1.19. The Morgan fingerprint density at radius 2 is 1.12 bits per heavy atom. The molecule has 4 aromatic carbocycles. The van der Waals surface area contributed by atoms with Crippen LogP contribution in [0.3, 0.4) is 0 Å². The number of alkyl halides is 4. The summed E-state index contributed by atoms with van der Waals surface area (Å²) in [5.74, 6) is -1.83. The van der Waals surface area contributed by atoms with Crippen molar-refractivity contribution in [2.24, 2.45) is 0 Å². The maximum Gasteiger partial charge on any atom is 0.387 e. The van der Waals surface area contributed by atoms with E-state index < -0.39 is 25.2 Å². The van der Waals surface area contributed by atoms with Gasteiger partial charge in [-0.2, -0.15) is 17.6 Å². The van der Waals surface area contributed by atoms with Crippen molar-refractivity contribution >= 4 is 46.0 Å². The highest BCUT2D eigenvalue weighted by Gasteiger charge is 2.21. The summed E-state index contributed by atoms with van der Waals surface area (Å²) in [6.07, 6.45) is 5.02. The average molecular weight is 789 g/mol. The van der Waals surface area contributed by atoms with Crippen LogP contribution < -0.4 is 28.7 Å². The van der Waals surface area contributed by atoms with Crippen molar-refractivity contribution in [3.63, 3.8) is 0 Å². The van der Waals surface area contributed by atoms with Gasteiger partial charge in [0, 0.05) is 64.9 Å². The van der Waals surface area contributed by atoms with E-state index in [1.165, 1.54) is 62.0 Å². The third-order valence-electron chi connectivity index (χ3n) is 8.23. The van der Waals surface area contributed by atoms with Gasteiger partial charge in [-0.3, -0.25) is 9.97 Å². The number of ether oxygens (including phenoxy) is 5. The van der Waals surface area contributed by atoms with E-state index in [-0.39, 0.29) is 34.1 Å². The van der Waals surface area contributed by atoms with Crippen molar-refractivity contribution in [1.82, 2.24) is 9.97 Å². The van der Waals surface area contributed by atoms with E-state index in [2.05, 4.69) is 19.4 Å². The number of benzene rings is 4. The van der Waals surface area contributed by atoms with E-state index in [1.807, 2.05) is 15.9 Å². The van der Waals surface area contributed by atoms with E-state index >= 15 is 0 Å². The van der Waals surface area contributed by atoms with Gasteiger partial charge in [0.1, 0.15) is 0 Å². The third kappa shape index (κ3) is 9.70. The van der Waals surface area contributed by atoms with Crippen LogP contribution in [0, 0.1) is 0 Å². The van der Waals surface area contributed by atoms with Crippen LogP contribution in [0.25, 0.3) is 0 Å². The van der Waals surface area contributed by atoms with E-state index in [4.69, 9.17) is 14.2 Å². The normalized spacial score (nSPS) is 10.9. The molecule has 56 heavy (non-hydrogen) atoms. The lowest BCUT2D eigenvalue weighted by Crippen LogP contribution is -2.18. The summed E-state index contributed by atoms with van der Waals surface area (Å²) >= 11 is 1.42. The third-order valence-corrected chi connectivity index (χ3v) is 8.99. The topological polar surface area (TPSA) is 113 Å². The molecule has 0 spiro atoms. The van der Waals surface area contributed by atoms with E-state index in [0.717, 1.165) is 10.4 Å². The SMILES string of the molecule is COc1cc(N(Cc2cccnc2)c2ccc(C(=O)OC(=O)c3ccc(N(Cc4cncs4)c4ccc(OC(F)F)c(OC)c4)cc3)cc2)ccc1OC(F)F. The first kappa shape index (κ1) is 39.0. The summed E-state index contributed by atoms with van der Waals surface area (Å²) in [4.78, 5) is 39.2. The highest BCUT2D eigenvalue weighted by molar-refractivity contribution is 7.09. The number of nitrogens with zero attached hydrogens (tertiary/aromatic N) is 4. The summed E-state index contributed by atoms with van der Waals surface area (Å²) in [5.41, 5.74) is 5.13. The van der Waals surface area contributed by atoms with Crippen LogP contribution in [0.5, 0.6) is 23.0 Å². The number of halogens is 4. The molecule has 0 atom stereocenters. The van der Waals surface area contributed by atoms with Gasteiger partial charge in [0.05, 0.1) is 37.4 Å². The molecule has 0 aliphatic carbocycles. The predicted octanol–water partition coefficient (Wildman–Crippen LogP) is 9.43. The Bertz CT molecular complexity index is 2230. The number of carbonyl (C=O) groups excluding carboxylic acids is 2. The molecule has 0 unspecified atom stereocenters. The van der Waals surface area contributed by atoms with Gasteiger partial charge in [0.2, 0.25) is 0 Å². The van der Waals surface area contributed by atoms with Crippen LogP contribution in [0.1, 0.15) is 31.2 Å².